The smallest absolute Gasteiger partial charge is 0.183 e. The fourth-order valence-electron chi connectivity index (χ4n) is 5.06. The normalized spacial score (nSPS) is 32.1. The van der Waals surface area contributed by atoms with Gasteiger partial charge in [0.05, 0.1) is 17.0 Å². The fourth-order valence-corrected chi connectivity index (χ4v) is 5.06. The summed E-state index contributed by atoms with van der Waals surface area (Å²) < 4.78 is 1.86. The van der Waals surface area contributed by atoms with Crippen molar-refractivity contribution >= 4 is 5.78 Å². The number of allylic oxidation sites excluding steroid dienone is 2. The molecule has 1 aromatic rings. The topological polar surface area (TPSA) is 98.7 Å². The lowest BCUT2D eigenvalue weighted by Crippen LogP contribution is -2.51. The van der Waals surface area contributed by atoms with Gasteiger partial charge in [-0.15, -0.1) is 5.11 Å². The van der Waals surface area contributed by atoms with Crippen molar-refractivity contribution in [2.24, 2.45) is 28.7 Å². The Kier molecular flexibility index (Phi) is 3.41. The van der Waals surface area contributed by atoms with Crippen LogP contribution in [0.1, 0.15) is 50.3 Å². The van der Waals surface area contributed by atoms with Crippen LogP contribution in [0.15, 0.2) is 22.0 Å². The number of nitriles is 1. The highest BCUT2D eigenvalue weighted by molar-refractivity contribution is 6.04. The lowest BCUT2D eigenvalue weighted by Gasteiger charge is -2.49. The number of aromatic nitrogens is 2. The molecule has 1 aliphatic heterocycles. The van der Waals surface area contributed by atoms with Gasteiger partial charge in [0.15, 0.2) is 11.9 Å². The summed E-state index contributed by atoms with van der Waals surface area (Å²) in [5, 5.41) is 24.2. The molecule has 1 N–H and O–H groups in total. The average molecular weight is 353 g/mol. The second-order valence-electron chi connectivity index (χ2n) is 8.19. The van der Waals surface area contributed by atoms with Gasteiger partial charge >= 0.3 is 0 Å². The van der Waals surface area contributed by atoms with Gasteiger partial charge in [-0.25, -0.2) is 5.12 Å². The Bertz CT molecular complexity index is 903. The summed E-state index contributed by atoms with van der Waals surface area (Å²) in [6, 6.07) is 2.11. The van der Waals surface area contributed by atoms with Crippen molar-refractivity contribution < 1.29 is 4.79 Å². The molecule has 8 nitrogen and oxygen atoms in total. The number of nitrogens with one attached hydrogen (secondary N) is 1. The summed E-state index contributed by atoms with van der Waals surface area (Å²) in [4.78, 5) is 12.7. The highest BCUT2D eigenvalue weighted by Crippen LogP contribution is 2.55. The fraction of sp³-hybridized carbons (Fsp3) is 0.611. The molecule has 0 amide bonds. The summed E-state index contributed by atoms with van der Waals surface area (Å²) in [6.45, 7) is 6.02. The summed E-state index contributed by atoms with van der Waals surface area (Å²) >= 11 is 0. The average Bonchev–Trinajstić information content (AvgIpc) is 3.14. The second-order valence-corrected chi connectivity index (χ2v) is 8.19. The number of fused-ring (bicyclic) bond motifs is 3. The molecule has 0 saturated carbocycles. The zero-order valence-electron chi connectivity index (χ0n) is 15.7. The summed E-state index contributed by atoms with van der Waals surface area (Å²) in [7, 11) is 3.72. The van der Waals surface area contributed by atoms with E-state index in [1.165, 1.54) is 0 Å². The molecule has 2 heterocycles. The van der Waals surface area contributed by atoms with E-state index >= 15 is 0 Å². The Hall–Kier alpha value is -2.53. The maximum Gasteiger partial charge on any atom is 0.183 e. The van der Waals surface area contributed by atoms with E-state index in [2.05, 4.69) is 28.8 Å². The molecule has 26 heavy (non-hydrogen) atoms. The SMILES string of the molecule is CN1N=NC(c2c3c(nn2C)C2(C)C=C(C#N)C(=O)C(C)(C)C2CC3)N1. The van der Waals surface area contributed by atoms with Crippen molar-refractivity contribution in [1.29, 1.82) is 5.26 Å². The lowest BCUT2D eigenvalue weighted by atomic mass is 9.52. The number of hydrogen-bond donors (Lipinski definition) is 1. The van der Waals surface area contributed by atoms with Crippen LogP contribution in [0, 0.1) is 22.7 Å². The first-order valence-corrected chi connectivity index (χ1v) is 8.85. The molecule has 0 radical (unpaired) electrons. The van der Waals surface area contributed by atoms with Gasteiger partial charge in [0.1, 0.15) is 6.07 Å². The van der Waals surface area contributed by atoms with Crippen molar-refractivity contribution in [2.75, 3.05) is 7.05 Å². The molecule has 3 aliphatic rings. The van der Waals surface area contributed by atoms with E-state index in [4.69, 9.17) is 5.10 Å². The number of rotatable bonds is 1. The van der Waals surface area contributed by atoms with Crippen LogP contribution in [-0.2, 0) is 23.7 Å². The maximum absolute atomic E-state index is 12.7. The first kappa shape index (κ1) is 16.9. The van der Waals surface area contributed by atoms with E-state index in [9.17, 15) is 10.1 Å². The minimum absolute atomic E-state index is 0.0602. The summed E-state index contributed by atoms with van der Waals surface area (Å²) in [5.41, 5.74) is 5.49. The molecule has 1 aromatic heterocycles. The van der Waals surface area contributed by atoms with E-state index in [-0.39, 0.29) is 23.4 Å². The third-order valence-corrected chi connectivity index (χ3v) is 6.25. The van der Waals surface area contributed by atoms with Crippen molar-refractivity contribution in [3.8, 4) is 6.07 Å². The lowest BCUT2D eigenvalue weighted by molar-refractivity contribution is -0.128. The van der Waals surface area contributed by atoms with Crippen LogP contribution >= 0.6 is 0 Å². The van der Waals surface area contributed by atoms with Gasteiger partial charge in [-0.2, -0.15) is 15.8 Å². The van der Waals surface area contributed by atoms with Crippen LogP contribution in [0.3, 0.4) is 0 Å². The molecule has 4 rings (SSSR count). The highest BCUT2D eigenvalue weighted by atomic mass is 16.1. The largest absolute Gasteiger partial charge is 0.293 e. The molecular formula is C18H23N7O. The predicted molar refractivity (Wildman–Crippen MR) is 93.4 cm³/mol. The third kappa shape index (κ3) is 2.04. The van der Waals surface area contributed by atoms with E-state index in [1.54, 1.807) is 12.2 Å². The van der Waals surface area contributed by atoms with Gasteiger partial charge in [0.2, 0.25) is 0 Å². The number of carbonyl (C=O) groups is 1. The van der Waals surface area contributed by atoms with E-state index < -0.39 is 10.8 Å². The van der Waals surface area contributed by atoms with Gasteiger partial charge in [0.25, 0.3) is 0 Å². The van der Waals surface area contributed by atoms with Gasteiger partial charge in [-0.05, 0) is 18.8 Å². The molecule has 3 atom stereocenters. The molecule has 0 aromatic carbocycles. The number of hydrogen-bond acceptors (Lipinski definition) is 7. The Morgan fingerprint density at radius 1 is 1.35 bits per heavy atom. The third-order valence-electron chi connectivity index (χ3n) is 6.25. The Morgan fingerprint density at radius 2 is 2.08 bits per heavy atom. The number of ketones is 1. The van der Waals surface area contributed by atoms with Gasteiger partial charge in [0, 0.05) is 30.5 Å². The van der Waals surface area contributed by atoms with Gasteiger partial charge in [-0.1, -0.05) is 32.1 Å². The Morgan fingerprint density at radius 3 is 2.69 bits per heavy atom. The van der Waals surface area contributed by atoms with Crippen LogP contribution in [0.5, 0.6) is 0 Å². The van der Waals surface area contributed by atoms with Crippen molar-refractivity contribution in [1.82, 2.24) is 20.3 Å². The summed E-state index contributed by atoms with van der Waals surface area (Å²) in [6.07, 6.45) is 3.29. The Labute approximate surface area is 152 Å². The molecule has 0 spiro atoms. The molecule has 8 heteroatoms. The zero-order valence-corrected chi connectivity index (χ0v) is 15.7. The van der Waals surface area contributed by atoms with Gasteiger partial charge < -0.3 is 0 Å². The Balaban J connectivity index is 1.90. The molecule has 0 bridgehead atoms. The molecule has 3 unspecified atom stereocenters. The van der Waals surface area contributed by atoms with Crippen LogP contribution < -0.4 is 5.43 Å². The van der Waals surface area contributed by atoms with E-state index in [0.717, 1.165) is 29.8 Å². The molecule has 0 saturated heterocycles. The molecule has 2 aliphatic carbocycles. The molecule has 136 valence electrons. The van der Waals surface area contributed by atoms with Crippen LogP contribution in [0.4, 0.5) is 0 Å². The first-order valence-electron chi connectivity index (χ1n) is 8.85. The molecular weight excluding hydrogens is 330 g/mol. The predicted octanol–water partition coefficient (Wildman–Crippen LogP) is 2.11. The minimum atomic E-state index is -0.588. The van der Waals surface area contributed by atoms with Crippen molar-refractivity contribution in [3.63, 3.8) is 0 Å². The van der Waals surface area contributed by atoms with Crippen molar-refractivity contribution in [3.05, 3.63) is 28.6 Å². The summed E-state index contributed by atoms with van der Waals surface area (Å²) in [5.74, 6) is 0.0469. The maximum atomic E-state index is 12.7. The number of hydrazine groups is 1. The van der Waals surface area contributed by atoms with Crippen LogP contribution in [0.25, 0.3) is 0 Å². The first-order chi connectivity index (χ1) is 12.2. The standard InChI is InChI=1S/C18H23N7O/c1-17(2)12-7-6-11-13(16-20-23-25(5)22-16)24(4)21-14(11)18(12,3)8-10(9-19)15(17)26/h8,12,16,22H,6-7H2,1-5H3. The van der Waals surface area contributed by atoms with Crippen LogP contribution in [-0.4, -0.2) is 27.7 Å². The van der Waals surface area contributed by atoms with Crippen molar-refractivity contribution in [2.45, 2.75) is 45.2 Å². The van der Waals surface area contributed by atoms with E-state index in [0.29, 0.717) is 0 Å². The number of carbonyl (C=O) groups excluding carboxylic acids is 1. The highest BCUT2D eigenvalue weighted by Gasteiger charge is 2.55. The quantitative estimate of drug-likeness (QED) is 0.834. The number of nitrogens with zero attached hydrogens (tertiary/aromatic N) is 6. The monoisotopic (exact) mass is 353 g/mol. The second kappa shape index (κ2) is 5.24. The van der Waals surface area contributed by atoms with E-state index in [1.807, 2.05) is 31.7 Å². The van der Waals surface area contributed by atoms with Crippen LogP contribution in [0.2, 0.25) is 0 Å². The number of aryl methyl sites for hydroxylation is 1. The minimum Gasteiger partial charge on any atom is -0.293 e. The van der Waals surface area contributed by atoms with Gasteiger partial charge in [-0.3, -0.25) is 9.48 Å². The molecule has 0 fully saturated rings. The zero-order chi connectivity index (χ0) is 18.9. The number of Topliss-reactive ketones (excluding diaryl/α,β-unsaturated/α-hetero) is 1.